The van der Waals surface area contributed by atoms with E-state index >= 15 is 0 Å². The van der Waals surface area contributed by atoms with Gasteiger partial charge in [0.15, 0.2) is 0 Å². The maximum absolute atomic E-state index is 12.9. The first kappa shape index (κ1) is 11.2. The Labute approximate surface area is 89.9 Å². The van der Waals surface area contributed by atoms with E-state index < -0.39 is 17.2 Å². The van der Waals surface area contributed by atoms with Crippen molar-refractivity contribution in [3.63, 3.8) is 0 Å². The molecule has 0 fully saturated rings. The van der Waals surface area contributed by atoms with E-state index in [9.17, 15) is 9.18 Å². The van der Waals surface area contributed by atoms with E-state index in [1.54, 1.807) is 13.8 Å². The maximum atomic E-state index is 12.9. The molecule has 0 aliphatic rings. The van der Waals surface area contributed by atoms with Crippen LogP contribution in [-0.2, 0) is 10.2 Å². The van der Waals surface area contributed by atoms with Crippen molar-refractivity contribution in [2.45, 2.75) is 19.3 Å². The van der Waals surface area contributed by atoms with Crippen LogP contribution in [0.1, 0.15) is 19.4 Å². The highest BCUT2D eigenvalue weighted by Crippen LogP contribution is 2.27. The Kier molecular flexibility index (Phi) is 2.95. The second-order valence-corrected chi connectivity index (χ2v) is 4.41. The summed E-state index contributed by atoms with van der Waals surface area (Å²) in [7, 11) is 0. The first-order chi connectivity index (χ1) is 6.35. The van der Waals surface area contributed by atoms with Gasteiger partial charge in [-0.2, -0.15) is 0 Å². The summed E-state index contributed by atoms with van der Waals surface area (Å²) in [6, 6.07) is 4.22. The lowest BCUT2D eigenvalue weighted by Gasteiger charge is -2.19. The molecule has 0 spiro atoms. The fraction of sp³-hybridized carbons (Fsp3) is 0.300. The summed E-state index contributed by atoms with van der Waals surface area (Å²) in [4.78, 5) is 10.9. The number of carboxylic acid groups (broad SMARTS) is 1. The number of aliphatic carboxylic acids is 1. The van der Waals surface area contributed by atoms with Crippen molar-refractivity contribution >= 4 is 21.9 Å². The Balaban J connectivity index is 3.21. The molecule has 76 valence electrons. The number of halogens is 2. The van der Waals surface area contributed by atoms with Gasteiger partial charge < -0.3 is 5.11 Å². The monoisotopic (exact) mass is 260 g/mol. The van der Waals surface area contributed by atoms with Gasteiger partial charge in [-0.25, -0.2) is 4.39 Å². The summed E-state index contributed by atoms with van der Waals surface area (Å²) in [5, 5.41) is 8.95. The second kappa shape index (κ2) is 3.69. The lowest BCUT2D eigenvalue weighted by molar-refractivity contribution is -0.142. The standard InChI is InChI=1S/C10H10BrFO2/c1-10(2,9(13)14)6-3-4-8(12)7(11)5-6/h3-5H,1-2H3,(H,13,14). The van der Waals surface area contributed by atoms with E-state index in [2.05, 4.69) is 15.9 Å². The van der Waals surface area contributed by atoms with Gasteiger partial charge in [0.2, 0.25) is 0 Å². The summed E-state index contributed by atoms with van der Waals surface area (Å²) in [5.41, 5.74) is -0.436. The number of benzene rings is 1. The van der Waals surface area contributed by atoms with E-state index in [0.29, 0.717) is 5.56 Å². The van der Waals surface area contributed by atoms with E-state index in [1.807, 2.05) is 0 Å². The minimum Gasteiger partial charge on any atom is -0.481 e. The maximum Gasteiger partial charge on any atom is 0.313 e. The third-order valence-corrected chi connectivity index (χ3v) is 2.78. The van der Waals surface area contributed by atoms with E-state index in [1.165, 1.54) is 18.2 Å². The first-order valence-electron chi connectivity index (χ1n) is 4.04. The molecule has 0 unspecified atom stereocenters. The van der Waals surface area contributed by atoms with Crippen LogP contribution in [0.5, 0.6) is 0 Å². The zero-order valence-electron chi connectivity index (χ0n) is 7.84. The van der Waals surface area contributed by atoms with Gasteiger partial charge in [-0.1, -0.05) is 6.07 Å². The average Bonchev–Trinajstić information content (AvgIpc) is 2.09. The number of carbonyl (C=O) groups is 1. The van der Waals surface area contributed by atoms with Crippen molar-refractivity contribution in [3.05, 3.63) is 34.1 Å². The highest BCUT2D eigenvalue weighted by atomic mass is 79.9. The van der Waals surface area contributed by atoms with Crippen LogP contribution in [0.4, 0.5) is 4.39 Å². The van der Waals surface area contributed by atoms with E-state index in [-0.39, 0.29) is 4.47 Å². The molecule has 14 heavy (non-hydrogen) atoms. The molecular weight excluding hydrogens is 251 g/mol. The summed E-state index contributed by atoms with van der Waals surface area (Å²) in [6.07, 6.45) is 0. The fourth-order valence-corrected chi connectivity index (χ4v) is 1.39. The van der Waals surface area contributed by atoms with Gasteiger partial charge in [-0.05, 0) is 47.5 Å². The first-order valence-corrected chi connectivity index (χ1v) is 4.84. The molecule has 0 heterocycles. The zero-order valence-corrected chi connectivity index (χ0v) is 9.43. The quantitative estimate of drug-likeness (QED) is 0.888. The highest BCUT2D eigenvalue weighted by Gasteiger charge is 2.29. The Hall–Kier alpha value is -0.900. The van der Waals surface area contributed by atoms with Crippen LogP contribution in [0.3, 0.4) is 0 Å². The lowest BCUT2D eigenvalue weighted by atomic mass is 9.85. The Morgan fingerprint density at radius 1 is 1.50 bits per heavy atom. The molecular formula is C10H10BrFO2. The average molecular weight is 261 g/mol. The molecule has 0 bridgehead atoms. The van der Waals surface area contributed by atoms with Crippen molar-refractivity contribution in [1.29, 1.82) is 0 Å². The van der Waals surface area contributed by atoms with Crippen LogP contribution in [0.2, 0.25) is 0 Å². The molecule has 0 aromatic heterocycles. The van der Waals surface area contributed by atoms with Gasteiger partial charge in [0.05, 0.1) is 9.89 Å². The molecule has 0 radical (unpaired) electrons. The Bertz CT molecular complexity index is 374. The van der Waals surface area contributed by atoms with Gasteiger partial charge in [0, 0.05) is 0 Å². The number of carboxylic acids is 1. The smallest absolute Gasteiger partial charge is 0.313 e. The van der Waals surface area contributed by atoms with Crippen LogP contribution < -0.4 is 0 Å². The van der Waals surface area contributed by atoms with Crippen LogP contribution >= 0.6 is 15.9 Å². The van der Waals surface area contributed by atoms with Gasteiger partial charge in [-0.15, -0.1) is 0 Å². The highest BCUT2D eigenvalue weighted by molar-refractivity contribution is 9.10. The molecule has 1 aromatic carbocycles. The van der Waals surface area contributed by atoms with Crippen molar-refractivity contribution in [3.8, 4) is 0 Å². The third kappa shape index (κ3) is 1.95. The molecule has 4 heteroatoms. The van der Waals surface area contributed by atoms with Crippen LogP contribution in [0.25, 0.3) is 0 Å². The summed E-state index contributed by atoms with van der Waals surface area (Å²) in [6.45, 7) is 3.16. The minimum atomic E-state index is -1.00. The molecule has 0 amide bonds. The van der Waals surface area contributed by atoms with Crippen molar-refractivity contribution in [2.24, 2.45) is 0 Å². The third-order valence-electron chi connectivity index (χ3n) is 2.18. The predicted octanol–water partition coefficient (Wildman–Crippen LogP) is 2.95. The van der Waals surface area contributed by atoms with Gasteiger partial charge in [0.25, 0.3) is 0 Å². The molecule has 0 saturated carbocycles. The number of rotatable bonds is 2. The topological polar surface area (TPSA) is 37.3 Å². The SMILES string of the molecule is CC(C)(C(=O)O)c1ccc(F)c(Br)c1. The normalized spacial score (nSPS) is 11.4. The van der Waals surface area contributed by atoms with Crippen LogP contribution in [0.15, 0.2) is 22.7 Å². The summed E-state index contributed by atoms with van der Waals surface area (Å²) in [5.74, 6) is -1.33. The molecule has 1 N–H and O–H groups in total. The molecule has 0 aliphatic heterocycles. The predicted molar refractivity (Wildman–Crippen MR) is 54.8 cm³/mol. The van der Waals surface area contributed by atoms with Crippen molar-refractivity contribution in [2.75, 3.05) is 0 Å². The summed E-state index contributed by atoms with van der Waals surface area (Å²) < 4.78 is 13.2. The van der Waals surface area contributed by atoms with E-state index in [4.69, 9.17) is 5.11 Å². The molecule has 0 aliphatic carbocycles. The van der Waals surface area contributed by atoms with Crippen LogP contribution in [-0.4, -0.2) is 11.1 Å². The number of hydrogen-bond acceptors (Lipinski definition) is 1. The van der Waals surface area contributed by atoms with E-state index in [0.717, 1.165) is 0 Å². The zero-order chi connectivity index (χ0) is 10.9. The second-order valence-electron chi connectivity index (χ2n) is 3.56. The van der Waals surface area contributed by atoms with Gasteiger partial charge in [-0.3, -0.25) is 4.79 Å². The van der Waals surface area contributed by atoms with Crippen molar-refractivity contribution < 1.29 is 14.3 Å². The summed E-state index contributed by atoms with van der Waals surface area (Å²) >= 11 is 3.02. The van der Waals surface area contributed by atoms with Gasteiger partial charge in [0.1, 0.15) is 5.82 Å². The van der Waals surface area contributed by atoms with Crippen molar-refractivity contribution in [1.82, 2.24) is 0 Å². The molecule has 0 saturated heterocycles. The molecule has 1 rings (SSSR count). The Morgan fingerprint density at radius 3 is 2.50 bits per heavy atom. The van der Waals surface area contributed by atoms with Gasteiger partial charge >= 0.3 is 5.97 Å². The molecule has 2 nitrogen and oxygen atoms in total. The lowest BCUT2D eigenvalue weighted by Crippen LogP contribution is -2.28. The molecule has 0 atom stereocenters. The van der Waals surface area contributed by atoms with Crippen LogP contribution in [0, 0.1) is 5.82 Å². The Morgan fingerprint density at radius 2 is 2.07 bits per heavy atom. The largest absolute Gasteiger partial charge is 0.481 e. The molecule has 1 aromatic rings. The minimum absolute atomic E-state index is 0.282. The number of hydrogen-bond donors (Lipinski definition) is 1. The fourth-order valence-electron chi connectivity index (χ4n) is 1.01.